The minimum absolute atomic E-state index is 0.0360. The predicted molar refractivity (Wildman–Crippen MR) is 221 cm³/mol. The summed E-state index contributed by atoms with van der Waals surface area (Å²) in [5.74, 6) is 0.923. The van der Waals surface area contributed by atoms with Crippen molar-refractivity contribution in [3.05, 3.63) is 151 Å². The largest absolute Gasteiger partial charge is 0.551 e. The van der Waals surface area contributed by atoms with Gasteiger partial charge in [-0.05, 0) is 86.8 Å². The van der Waals surface area contributed by atoms with Crippen LogP contribution in [0, 0.1) is 0 Å². The quantitative estimate of drug-likeness (QED) is 0.170. The van der Waals surface area contributed by atoms with E-state index in [0.29, 0.717) is 0 Å². The van der Waals surface area contributed by atoms with Crippen molar-refractivity contribution in [1.29, 1.82) is 0 Å². The molecule has 3 heterocycles. The first-order valence-corrected chi connectivity index (χ1v) is 18.5. The van der Waals surface area contributed by atoms with Gasteiger partial charge in [0.15, 0.2) is 0 Å². The normalized spacial score (nSPS) is 13.7. The molecule has 3 nitrogen and oxygen atoms in total. The molecule has 252 valence electrons. The molecule has 0 amide bonds. The van der Waals surface area contributed by atoms with Gasteiger partial charge < -0.3 is 14.1 Å². The zero-order chi connectivity index (χ0) is 35.5. The Balaban J connectivity index is 1.42. The maximum Gasteiger partial charge on any atom is 0.432 e. The van der Waals surface area contributed by atoms with Crippen molar-refractivity contribution in [3.63, 3.8) is 0 Å². The van der Waals surface area contributed by atoms with Crippen molar-refractivity contribution < 1.29 is 4.65 Å². The first-order valence-electron chi connectivity index (χ1n) is 18.5. The molecule has 1 aromatic heterocycles. The Morgan fingerprint density at radius 2 is 1.17 bits per heavy atom. The van der Waals surface area contributed by atoms with Crippen LogP contribution in [0.1, 0.15) is 52.7 Å². The number of fused-ring (bicyclic) bond motifs is 10. The second kappa shape index (κ2) is 10.9. The summed E-state index contributed by atoms with van der Waals surface area (Å²) in [6, 6.07) is 51.5. The molecule has 8 aromatic rings. The Morgan fingerprint density at radius 1 is 0.519 bits per heavy atom. The number of nitrogens with zero attached hydrogens (tertiary/aromatic N) is 2. The molecular formula is C48H41BN2O. The highest BCUT2D eigenvalue weighted by Gasteiger charge is 2.45. The lowest BCUT2D eigenvalue weighted by Crippen LogP contribution is -2.56. The standard InChI is InChI=1S/C48H41BN2O/c1-47(2,3)31-26-32(48(4,5)6)28-34(27-31)51-39-25-24-30-16-10-11-19-35(30)45(39)49-46-41(51)29-40-43(44(46)37-21-13-15-23-42(37)52-49)36-20-12-14-22-38(36)50(40)33-17-8-7-9-18-33/h7-29H,1-6H3. The molecule has 52 heavy (non-hydrogen) atoms. The van der Waals surface area contributed by atoms with Crippen molar-refractivity contribution in [3.8, 4) is 22.6 Å². The Hall–Kier alpha value is -5.74. The molecule has 0 aliphatic carbocycles. The number of rotatable bonds is 2. The number of benzene rings is 7. The van der Waals surface area contributed by atoms with Crippen molar-refractivity contribution >= 4 is 67.5 Å². The van der Waals surface area contributed by atoms with Gasteiger partial charge in [0.2, 0.25) is 0 Å². The lowest BCUT2D eigenvalue weighted by Gasteiger charge is -2.41. The fraction of sp³-hybridized carbons (Fsp3) is 0.167. The van der Waals surface area contributed by atoms with Crippen LogP contribution < -0.4 is 20.5 Å². The monoisotopic (exact) mass is 672 g/mol. The average molecular weight is 673 g/mol. The molecule has 0 N–H and O–H groups in total. The zero-order valence-electron chi connectivity index (χ0n) is 30.7. The molecular weight excluding hydrogens is 631 g/mol. The van der Waals surface area contributed by atoms with E-state index in [9.17, 15) is 0 Å². The number of hydrogen-bond donors (Lipinski definition) is 0. The van der Waals surface area contributed by atoms with Crippen LogP contribution >= 0.6 is 0 Å². The highest BCUT2D eigenvalue weighted by molar-refractivity contribution is 6.88. The highest BCUT2D eigenvalue weighted by Crippen LogP contribution is 2.50. The molecule has 0 spiro atoms. The smallest absolute Gasteiger partial charge is 0.432 e. The van der Waals surface area contributed by atoms with Gasteiger partial charge in [0.05, 0.1) is 11.0 Å². The highest BCUT2D eigenvalue weighted by atomic mass is 16.4. The molecule has 10 rings (SSSR count). The van der Waals surface area contributed by atoms with E-state index >= 15 is 0 Å². The summed E-state index contributed by atoms with van der Waals surface area (Å²) >= 11 is 0. The number of hydrogen-bond acceptors (Lipinski definition) is 2. The van der Waals surface area contributed by atoms with E-state index in [1.165, 1.54) is 65.9 Å². The summed E-state index contributed by atoms with van der Waals surface area (Å²) < 4.78 is 9.69. The SMILES string of the molecule is CC(C)(C)c1cc(N2c3cc4c(c5c3B(Oc3ccccc3-5)c3c2ccc2ccccc32)c2ccccc2n4-c2ccccc2)cc(C(C)(C)C)c1. The molecule has 2 aliphatic heterocycles. The molecule has 0 saturated heterocycles. The van der Waals surface area contributed by atoms with Crippen molar-refractivity contribution in [1.82, 2.24) is 4.57 Å². The van der Waals surface area contributed by atoms with Crippen LogP contribution in [0.4, 0.5) is 17.1 Å². The van der Waals surface area contributed by atoms with Gasteiger partial charge >= 0.3 is 6.92 Å². The second-order valence-corrected chi connectivity index (χ2v) is 16.6. The predicted octanol–water partition coefficient (Wildman–Crippen LogP) is 11.5. The van der Waals surface area contributed by atoms with E-state index in [0.717, 1.165) is 28.4 Å². The summed E-state index contributed by atoms with van der Waals surface area (Å²) in [6.07, 6.45) is 0. The third-order valence-corrected chi connectivity index (χ3v) is 11.3. The minimum Gasteiger partial charge on any atom is -0.551 e. The van der Waals surface area contributed by atoms with E-state index in [2.05, 4.69) is 191 Å². The van der Waals surface area contributed by atoms with Gasteiger partial charge in [-0.15, -0.1) is 0 Å². The number of para-hydroxylation sites is 3. The van der Waals surface area contributed by atoms with Crippen molar-refractivity contribution in [2.24, 2.45) is 0 Å². The molecule has 0 fully saturated rings. The number of anilines is 3. The summed E-state index contributed by atoms with van der Waals surface area (Å²) in [5.41, 5.74) is 14.5. The molecule has 0 bridgehead atoms. The first-order chi connectivity index (χ1) is 25.1. The van der Waals surface area contributed by atoms with Gasteiger partial charge in [0, 0.05) is 50.0 Å². The fourth-order valence-corrected chi connectivity index (χ4v) is 8.65. The molecule has 7 aromatic carbocycles. The van der Waals surface area contributed by atoms with Gasteiger partial charge in [-0.25, -0.2) is 0 Å². The van der Waals surface area contributed by atoms with Crippen LogP contribution in [-0.2, 0) is 10.8 Å². The van der Waals surface area contributed by atoms with Crippen LogP contribution in [0.2, 0.25) is 0 Å². The van der Waals surface area contributed by atoms with Crippen LogP contribution in [0.25, 0.3) is 49.4 Å². The maximum absolute atomic E-state index is 7.23. The van der Waals surface area contributed by atoms with E-state index in [-0.39, 0.29) is 17.7 Å². The number of aromatic nitrogens is 1. The second-order valence-electron chi connectivity index (χ2n) is 16.6. The Bertz CT molecular complexity index is 2710. The Labute approximate surface area is 306 Å². The molecule has 0 atom stereocenters. The Kier molecular flexibility index (Phi) is 6.50. The maximum atomic E-state index is 7.23. The van der Waals surface area contributed by atoms with Crippen molar-refractivity contribution in [2.45, 2.75) is 52.4 Å². The van der Waals surface area contributed by atoms with Gasteiger partial charge in [0.1, 0.15) is 5.75 Å². The zero-order valence-corrected chi connectivity index (χ0v) is 30.7. The van der Waals surface area contributed by atoms with Crippen LogP contribution in [0.15, 0.2) is 140 Å². The lowest BCUT2D eigenvalue weighted by atomic mass is 9.48. The van der Waals surface area contributed by atoms with Crippen LogP contribution in [0.5, 0.6) is 5.75 Å². The van der Waals surface area contributed by atoms with E-state index in [4.69, 9.17) is 4.65 Å². The average Bonchev–Trinajstić information content (AvgIpc) is 3.48. The minimum atomic E-state index is -0.284. The molecule has 4 heteroatoms. The molecule has 2 aliphatic rings. The Morgan fingerprint density at radius 3 is 1.92 bits per heavy atom. The first kappa shape index (κ1) is 31.0. The molecule has 0 saturated carbocycles. The van der Waals surface area contributed by atoms with E-state index < -0.39 is 0 Å². The van der Waals surface area contributed by atoms with Gasteiger partial charge in [-0.1, -0.05) is 133 Å². The third-order valence-electron chi connectivity index (χ3n) is 11.3. The molecule has 0 unspecified atom stereocenters. The van der Waals surface area contributed by atoms with Crippen LogP contribution in [-0.4, -0.2) is 11.5 Å². The summed E-state index contributed by atoms with van der Waals surface area (Å²) in [7, 11) is 0. The summed E-state index contributed by atoms with van der Waals surface area (Å²) in [6.45, 7) is 13.7. The lowest BCUT2D eigenvalue weighted by molar-refractivity contribution is 0.568. The van der Waals surface area contributed by atoms with E-state index in [1.54, 1.807) is 0 Å². The molecule has 0 radical (unpaired) electrons. The van der Waals surface area contributed by atoms with E-state index in [1.807, 2.05) is 0 Å². The van der Waals surface area contributed by atoms with Crippen LogP contribution in [0.3, 0.4) is 0 Å². The third kappa shape index (κ3) is 4.46. The topological polar surface area (TPSA) is 17.4 Å². The van der Waals surface area contributed by atoms with Gasteiger partial charge in [-0.2, -0.15) is 0 Å². The summed E-state index contributed by atoms with van der Waals surface area (Å²) in [4.78, 5) is 2.55. The van der Waals surface area contributed by atoms with Gasteiger partial charge in [0.25, 0.3) is 0 Å². The fourth-order valence-electron chi connectivity index (χ4n) is 8.65. The van der Waals surface area contributed by atoms with Gasteiger partial charge in [-0.3, -0.25) is 0 Å². The van der Waals surface area contributed by atoms with Crippen molar-refractivity contribution in [2.75, 3.05) is 4.90 Å². The summed E-state index contributed by atoms with van der Waals surface area (Å²) in [5, 5.41) is 4.95.